The van der Waals surface area contributed by atoms with E-state index < -0.39 is 9.84 Å². The molecule has 1 amide bonds. The zero-order valence-corrected chi connectivity index (χ0v) is 21.1. The molecular formula is C22H25Cl2N3O3S2. The monoisotopic (exact) mass is 513 g/mol. The highest BCUT2D eigenvalue weighted by molar-refractivity contribution is 7.91. The van der Waals surface area contributed by atoms with Crippen LogP contribution >= 0.6 is 34.5 Å². The van der Waals surface area contributed by atoms with Gasteiger partial charge in [0.05, 0.1) is 20.4 Å². The third-order valence-electron chi connectivity index (χ3n) is 4.85. The lowest BCUT2D eigenvalue weighted by Gasteiger charge is -2.21. The summed E-state index contributed by atoms with van der Waals surface area (Å²) in [6.07, 6.45) is 1.10. The summed E-state index contributed by atoms with van der Waals surface area (Å²) in [5.41, 5.74) is 0.671. The van der Waals surface area contributed by atoms with Crippen LogP contribution in [0.3, 0.4) is 0 Å². The third-order valence-corrected chi connectivity index (χ3v) is 8.27. The van der Waals surface area contributed by atoms with Crippen molar-refractivity contribution in [1.82, 2.24) is 9.88 Å². The number of benzene rings is 2. The molecule has 0 aliphatic carbocycles. The lowest BCUT2D eigenvalue weighted by atomic mass is 10.3. The zero-order valence-electron chi connectivity index (χ0n) is 17.9. The van der Waals surface area contributed by atoms with Crippen molar-refractivity contribution >= 4 is 65.6 Å². The molecule has 1 heterocycles. The van der Waals surface area contributed by atoms with E-state index in [1.54, 1.807) is 23.1 Å². The van der Waals surface area contributed by atoms with Gasteiger partial charge in [0.25, 0.3) is 0 Å². The fraction of sp³-hybridized carbons (Fsp3) is 0.364. The van der Waals surface area contributed by atoms with Crippen LogP contribution in [0.4, 0.5) is 5.13 Å². The highest BCUT2D eigenvalue weighted by Gasteiger charge is 2.22. The average molecular weight is 514 g/mol. The van der Waals surface area contributed by atoms with Gasteiger partial charge in [0, 0.05) is 18.0 Å². The maximum Gasteiger partial charge on any atom is 0.228 e. The van der Waals surface area contributed by atoms with E-state index in [0.29, 0.717) is 27.2 Å². The van der Waals surface area contributed by atoms with Gasteiger partial charge in [0.2, 0.25) is 5.91 Å². The Bertz CT molecular complexity index is 1180. The van der Waals surface area contributed by atoms with Gasteiger partial charge in [-0.05, 0) is 69.9 Å². The van der Waals surface area contributed by atoms with Crippen LogP contribution in [0.5, 0.6) is 0 Å². The van der Waals surface area contributed by atoms with E-state index in [0.717, 1.165) is 17.7 Å². The number of amides is 1. The number of para-hydroxylation sites is 1. The summed E-state index contributed by atoms with van der Waals surface area (Å²) in [6, 6.07) is 11.6. The number of thiazole rings is 1. The number of halogens is 2. The summed E-state index contributed by atoms with van der Waals surface area (Å²) in [4.78, 5) is 21.6. The predicted molar refractivity (Wildman–Crippen MR) is 133 cm³/mol. The number of hydrogen-bond acceptors (Lipinski definition) is 6. The Labute approximate surface area is 202 Å². The van der Waals surface area contributed by atoms with E-state index in [2.05, 4.69) is 9.88 Å². The minimum atomic E-state index is -3.48. The first-order chi connectivity index (χ1) is 15.2. The van der Waals surface area contributed by atoms with Gasteiger partial charge in [-0.25, -0.2) is 13.4 Å². The first kappa shape index (κ1) is 24.9. The van der Waals surface area contributed by atoms with Crippen molar-refractivity contribution in [3.05, 3.63) is 52.5 Å². The second-order valence-electron chi connectivity index (χ2n) is 7.66. The molecule has 172 valence electrons. The number of carbonyl (C=O) groups excluding carboxylic acids is 1. The van der Waals surface area contributed by atoms with Gasteiger partial charge in [-0.2, -0.15) is 0 Å². The number of rotatable bonds is 10. The normalized spacial score (nSPS) is 11.9. The van der Waals surface area contributed by atoms with Gasteiger partial charge in [-0.15, -0.1) is 0 Å². The predicted octanol–water partition coefficient (Wildman–Crippen LogP) is 5.14. The Hall–Kier alpha value is -1.71. The smallest absolute Gasteiger partial charge is 0.228 e. The molecule has 3 rings (SSSR count). The highest BCUT2D eigenvalue weighted by atomic mass is 35.5. The number of anilines is 1. The molecule has 1 aromatic heterocycles. The molecule has 0 bridgehead atoms. The zero-order chi connectivity index (χ0) is 23.3. The lowest BCUT2D eigenvalue weighted by molar-refractivity contribution is -0.118. The minimum Gasteiger partial charge on any atom is -0.309 e. The molecular weight excluding hydrogens is 489 g/mol. The molecule has 3 aromatic rings. The summed E-state index contributed by atoms with van der Waals surface area (Å²) in [6.45, 7) is 1.32. The van der Waals surface area contributed by atoms with Gasteiger partial charge in [-0.3, -0.25) is 9.69 Å². The van der Waals surface area contributed by atoms with Gasteiger partial charge in [0.15, 0.2) is 15.0 Å². The minimum absolute atomic E-state index is 0.110. The molecule has 0 saturated carbocycles. The fourth-order valence-corrected chi connectivity index (χ4v) is 5.94. The summed E-state index contributed by atoms with van der Waals surface area (Å²) >= 11 is 13.5. The topological polar surface area (TPSA) is 70.6 Å². The van der Waals surface area contributed by atoms with Crippen molar-refractivity contribution in [3.63, 3.8) is 0 Å². The van der Waals surface area contributed by atoms with E-state index in [9.17, 15) is 13.2 Å². The summed E-state index contributed by atoms with van der Waals surface area (Å²) in [5, 5.41) is 1.60. The quantitative estimate of drug-likeness (QED) is 0.375. The molecule has 0 aliphatic heterocycles. The first-order valence-corrected chi connectivity index (χ1v) is 13.4. The molecule has 0 saturated heterocycles. The Kier molecular flexibility index (Phi) is 8.52. The second-order valence-corrected chi connectivity index (χ2v) is 11.6. The van der Waals surface area contributed by atoms with Gasteiger partial charge >= 0.3 is 0 Å². The van der Waals surface area contributed by atoms with Crippen molar-refractivity contribution in [1.29, 1.82) is 0 Å². The molecule has 0 N–H and O–H groups in total. The SMILES string of the molecule is CN(C)CCCN(C(=O)CCCS(=O)(=O)c1ccc(Cl)cc1)c1nc2c(Cl)cccc2s1. The van der Waals surface area contributed by atoms with Gasteiger partial charge in [-0.1, -0.05) is 40.6 Å². The van der Waals surface area contributed by atoms with E-state index in [1.165, 1.54) is 23.5 Å². The molecule has 2 aromatic carbocycles. The fourth-order valence-electron chi connectivity index (χ4n) is 3.20. The van der Waals surface area contributed by atoms with Gasteiger partial charge in [0.1, 0.15) is 5.52 Å². The first-order valence-electron chi connectivity index (χ1n) is 10.2. The van der Waals surface area contributed by atoms with Crippen molar-refractivity contribution in [2.24, 2.45) is 0 Å². The van der Waals surface area contributed by atoms with Crippen molar-refractivity contribution in [3.8, 4) is 0 Å². The number of fused-ring (bicyclic) bond motifs is 1. The van der Waals surface area contributed by atoms with Gasteiger partial charge < -0.3 is 4.90 Å². The lowest BCUT2D eigenvalue weighted by Crippen LogP contribution is -2.33. The van der Waals surface area contributed by atoms with E-state index in [1.807, 2.05) is 26.2 Å². The standard InChI is InChI=1S/C22H25Cl2N3O3S2/c1-26(2)13-5-14-27(22-25-21-18(24)6-3-7-19(21)31-22)20(28)8-4-15-32(29,30)17-11-9-16(23)10-12-17/h3,6-7,9-12H,4-5,8,13-15H2,1-2H3. The molecule has 0 radical (unpaired) electrons. The number of hydrogen-bond donors (Lipinski definition) is 0. The Morgan fingerprint density at radius 2 is 1.75 bits per heavy atom. The van der Waals surface area contributed by atoms with Crippen molar-refractivity contribution in [2.75, 3.05) is 37.8 Å². The van der Waals surface area contributed by atoms with E-state index in [4.69, 9.17) is 23.2 Å². The number of aromatic nitrogens is 1. The van der Waals surface area contributed by atoms with Crippen LogP contribution in [0.15, 0.2) is 47.4 Å². The van der Waals surface area contributed by atoms with Crippen LogP contribution in [0.2, 0.25) is 10.0 Å². The van der Waals surface area contributed by atoms with Crippen LogP contribution in [0.25, 0.3) is 10.2 Å². The van der Waals surface area contributed by atoms with Crippen molar-refractivity contribution < 1.29 is 13.2 Å². The maximum atomic E-state index is 13.1. The molecule has 32 heavy (non-hydrogen) atoms. The molecule has 0 fully saturated rings. The van der Waals surface area contributed by atoms with Crippen LogP contribution in [-0.2, 0) is 14.6 Å². The van der Waals surface area contributed by atoms with Crippen molar-refractivity contribution in [2.45, 2.75) is 24.2 Å². The molecule has 10 heteroatoms. The number of nitrogens with zero attached hydrogens (tertiary/aromatic N) is 3. The van der Waals surface area contributed by atoms with Crippen LogP contribution < -0.4 is 4.90 Å². The second kappa shape index (κ2) is 10.9. The van der Waals surface area contributed by atoms with E-state index in [-0.39, 0.29) is 29.4 Å². The van der Waals surface area contributed by atoms with Crippen LogP contribution in [-0.4, -0.2) is 57.1 Å². The largest absolute Gasteiger partial charge is 0.309 e. The highest BCUT2D eigenvalue weighted by Crippen LogP contribution is 2.33. The number of carbonyl (C=O) groups is 1. The van der Waals surface area contributed by atoms with Crippen LogP contribution in [0.1, 0.15) is 19.3 Å². The Balaban J connectivity index is 1.71. The average Bonchev–Trinajstić information content (AvgIpc) is 3.16. The Morgan fingerprint density at radius 1 is 1.03 bits per heavy atom. The summed E-state index contributed by atoms with van der Waals surface area (Å²) < 4.78 is 26.0. The molecule has 0 spiro atoms. The van der Waals surface area contributed by atoms with E-state index >= 15 is 0 Å². The molecule has 0 unspecified atom stereocenters. The molecule has 0 atom stereocenters. The summed E-state index contributed by atoms with van der Waals surface area (Å²) in [5.74, 6) is -0.261. The molecule has 6 nitrogen and oxygen atoms in total. The molecule has 0 aliphatic rings. The summed E-state index contributed by atoms with van der Waals surface area (Å²) in [7, 11) is 0.471. The maximum absolute atomic E-state index is 13.1. The third kappa shape index (κ3) is 6.42. The Morgan fingerprint density at radius 3 is 2.41 bits per heavy atom. The van der Waals surface area contributed by atoms with Crippen LogP contribution in [0, 0.1) is 0 Å². The number of sulfone groups is 1.